The van der Waals surface area contributed by atoms with Gasteiger partial charge < -0.3 is 5.32 Å². The fourth-order valence-electron chi connectivity index (χ4n) is 3.46. The summed E-state index contributed by atoms with van der Waals surface area (Å²) in [5.74, 6) is 0.854. The lowest BCUT2D eigenvalue weighted by Crippen LogP contribution is -2.29. The lowest BCUT2D eigenvalue weighted by molar-refractivity contribution is 0.419. The molecule has 1 N–H and O–H groups in total. The van der Waals surface area contributed by atoms with Crippen LogP contribution in [0.2, 0.25) is 10.0 Å². The quantitative estimate of drug-likeness (QED) is 0.730. The minimum atomic E-state index is 0.162. The van der Waals surface area contributed by atoms with Crippen LogP contribution in [0.4, 0.5) is 5.69 Å². The minimum Gasteiger partial charge on any atom is -0.375 e. The number of nitrogens with one attached hydrogen (secondary N) is 1. The molecule has 2 nitrogen and oxygen atoms in total. The fraction of sp³-hybridized carbons (Fsp3) is 0.235. The summed E-state index contributed by atoms with van der Waals surface area (Å²) in [5, 5.41) is 4.77. The third-order valence-electron chi connectivity index (χ3n) is 4.43. The van der Waals surface area contributed by atoms with E-state index >= 15 is 0 Å². The molecule has 0 fully saturated rings. The summed E-state index contributed by atoms with van der Waals surface area (Å²) < 4.78 is 0. The molecule has 0 spiro atoms. The second-order valence-corrected chi connectivity index (χ2v) is 6.34. The lowest BCUT2D eigenvalue weighted by Gasteiger charge is -2.37. The second-order valence-electron chi connectivity index (χ2n) is 5.56. The van der Waals surface area contributed by atoms with Crippen LogP contribution in [-0.4, -0.2) is 4.98 Å². The van der Waals surface area contributed by atoms with Gasteiger partial charge in [0.2, 0.25) is 0 Å². The maximum Gasteiger partial charge on any atom is 0.0826 e. The molecule has 0 saturated carbocycles. The van der Waals surface area contributed by atoms with E-state index in [2.05, 4.69) is 34.6 Å². The summed E-state index contributed by atoms with van der Waals surface area (Å²) in [5.41, 5.74) is 3.24. The molecule has 0 bridgehead atoms. The van der Waals surface area contributed by atoms with Gasteiger partial charge in [-0.05, 0) is 36.1 Å². The highest BCUT2D eigenvalue weighted by Crippen LogP contribution is 2.52. The average molecular weight is 317 g/mol. The second kappa shape index (κ2) is 5.04. The van der Waals surface area contributed by atoms with Crippen LogP contribution in [0.25, 0.3) is 0 Å². The molecule has 3 atom stereocenters. The molecule has 106 valence electrons. The predicted molar refractivity (Wildman–Crippen MR) is 87.1 cm³/mol. The van der Waals surface area contributed by atoms with Crippen LogP contribution < -0.4 is 5.32 Å². The Hall–Kier alpha value is -1.51. The topological polar surface area (TPSA) is 24.9 Å². The number of aromatic nitrogens is 1. The molecule has 0 saturated heterocycles. The Morgan fingerprint density at radius 2 is 2.05 bits per heavy atom. The van der Waals surface area contributed by atoms with Crippen LogP contribution >= 0.6 is 23.2 Å². The molecule has 0 radical (unpaired) electrons. The number of nitrogens with zero attached hydrogens (tertiary/aromatic N) is 1. The van der Waals surface area contributed by atoms with Gasteiger partial charge in [0.05, 0.1) is 27.5 Å². The van der Waals surface area contributed by atoms with Crippen LogP contribution in [0.15, 0.2) is 48.7 Å². The van der Waals surface area contributed by atoms with E-state index in [0.717, 1.165) is 17.8 Å². The molecule has 1 aliphatic heterocycles. The van der Waals surface area contributed by atoms with E-state index in [-0.39, 0.29) is 6.04 Å². The van der Waals surface area contributed by atoms with Gasteiger partial charge in [-0.25, -0.2) is 0 Å². The fourth-order valence-corrected chi connectivity index (χ4v) is 3.84. The third kappa shape index (κ3) is 2.05. The van der Waals surface area contributed by atoms with Crippen molar-refractivity contribution in [1.29, 1.82) is 0 Å². The monoisotopic (exact) mass is 316 g/mol. The highest BCUT2D eigenvalue weighted by Gasteiger charge is 2.39. The Labute approximate surface area is 133 Å². The van der Waals surface area contributed by atoms with Crippen molar-refractivity contribution in [1.82, 2.24) is 4.98 Å². The number of halogens is 2. The Bertz CT molecular complexity index is 712. The van der Waals surface area contributed by atoms with Gasteiger partial charge >= 0.3 is 0 Å². The Balaban J connectivity index is 1.85. The van der Waals surface area contributed by atoms with Gasteiger partial charge in [-0.15, -0.1) is 0 Å². The first-order chi connectivity index (χ1) is 10.3. The number of allylic oxidation sites excluding steroid dienone is 2. The average Bonchev–Trinajstić information content (AvgIpc) is 3.00. The molecule has 2 heterocycles. The Morgan fingerprint density at radius 1 is 1.14 bits per heavy atom. The number of benzene rings is 1. The lowest BCUT2D eigenvalue weighted by atomic mass is 9.78. The molecule has 0 unspecified atom stereocenters. The zero-order valence-electron chi connectivity index (χ0n) is 11.3. The molecule has 1 aliphatic carbocycles. The van der Waals surface area contributed by atoms with Crippen molar-refractivity contribution in [3.63, 3.8) is 0 Å². The normalized spacial score (nSPS) is 26.1. The van der Waals surface area contributed by atoms with Crippen molar-refractivity contribution < 1.29 is 0 Å². The van der Waals surface area contributed by atoms with E-state index in [0.29, 0.717) is 21.9 Å². The largest absolute Gasteiger partial charge is 0.375 e. The smallest absolute Gasteiger partial charge is 0.0826 e. The van der Waals surface area contributed by atoms with Gasteiger partial charge in [0, 0.05) is 12.1 Å². The van der Waals surface area contributed by atoms with Crippen molar-refractivity contribution in [3.8, 4) is 0 Å². The van der Waals surface area contributed by atoms with Crippen LogP contribution in [0.1, 0.15) is 29.6 Å². The molecule has 21 heavy (non-hydrogen) atoms. The van der Waals surface area contributed by atoms with E-state index in [1.807, 2.05) is 24.4 Å². The maximum absolute atomic E-state index is 6.42. The molecule has 4 rings (SSSR count). The Morgan fingerprint density at radius 3 is 2.86 bits per heavy atom. The van der Waals surface area contributed by atoms with Crippen LogP contribution in [-0.2, 0) is 0 Å². The van der Waals surface area contributed by atoms with Gasteiger partial charge in [-0.3, -0.25) is 4.98 Å². The highest BCUT2D eigenvalue weighted by molar-refractivity contribution is 6.43. The molecule has 4 heteroatoms. The number of pyridine rings is 1. The summed E-state index contributed by atoms with van der Waals surface area (Å²) in [6, 6.07) is 10.2. The van der Waals surface area contributed by atoms with Crippen molar-refractivity contribution >= 4 is 28.9 Å². The van der Waals surface area contributed by atoms with Crippen molar-refractivity contribution in [2.24, 2.45) is 5.92 Å². The van der Waals surface area contributed by atoms with E-state index in [1.165, 1.54) is 5.56 Å². The molecular formula is C17H14Cl2N2. The summed E-state index contributed by atoms with van der Waals surface area (Å²) in [6.07, 6.45) is 7.43. The van der Waals surface area contributed by atoms with E-state index in [1.54, 1.807) is 0 Å². The molecular weight excluding hydrogens is 303 g/mol. The molecule has 2 aliphatic rings. The number of hydrogen-bond donors (Lipinski definition) is 1. The number of anilines is 1. The van der Waals surface area contributed by atoms with Crippen LogP contribution in [0.5, 0.6) is 0 Å². The summed E-state index contributed by atoms with van der Waals surface area (Å²) in [4.78, 5) is 4.52. The molecule has 1 aromatic carbocycles. The zero-order valence-corrected chi connectivity index (χ0v) is 12.8. The summed E-state index contributed by atoms with van der Waals surface area (Å²) in [7, 11) is 0. The first-order valence-corrected chi connectivity index (χ1v) is 7.83. The van der Waals surface area contributed by atoms with Gasteiger partial charge in [-0.1, -0.05) is 47.5 Å². The molecule has 1 aromatic heterocycles. The minimum absolute atomic E-state index is 0.162. The van der Waals surface area contributed by atoms with Gasteiger partial charge in [0.15, 0.2) is 0 Å². The van der Waals surface area contributed by atoms with Crippen molar-refractivity contribution in [2.45, 2.75) is 18.4 Å². The van der Waals surface area contributed by atoms with Crippen LogP contribution in [0, 0.1) is 5.92 Å². The van der Waals surface area contributed by atoms with Gasteiger partial charge in [0.1, 0.15) is 0 Å². The SMILES string of the molecule is Clc1ccc2c(c1Cl)N[C@H](c1ccccn1)[C@@H]1CC=C[C@@H]21. The van der Waals surface area contributed by atoms with E-state index in [9.17, 15) is 0 Å². The predicted octanol–water partition coefficient (Wildman–Crippen LogP) is 5.21. The number of hydrogen-bond acceptors (Lipinski definition) is 2. The Kier molecular flexibility index (Phi) is 3.16. The summed E-state index contributed by atoms with van der Waals surface area (Å²) in [6.45, 7) is 0. The molecule has 2 aromatic rings. The zero-order chi connectivity index (χ0) is 14.4. The van der Waals surface area contributed by atoms with E-state index < -0.39 is 0 Å². The van der Waals surface area contributed by atoms with E-state index in [4.69, 9.17) is 23.2 Å². The summed E-state index contributed by atoms with van der Waals surface area (Å²) >= 11 is 12.6. The maximum atomic E-state index is 6.42. The van der Waals surface area contributed by atoms with Crippen molar-refractivity contribution in [2.75, 3.05) is 5.32 Å². The van der Waals surface area contributed by atoms with Crippen molar-refractivity contribution in [3.05, 3.63) is 70.0 Å². The standard InChI is InChI=1S/C17H14Cl2N2/c18-13-8-7-12-10-4-3-5-11(10)16(21-17(12)15(13)19)14-6-1-2-9-20-14/h1-4,6-11,16,21H,5H2/t10-,11-,16+/m1/s1. The number of rotatable bonds is 1. The molecule has 0 amide bonds. The van der Waals surface area contributed by atoms with Gasteiger partial charge in [0.25, 0.3) is 0 Å². The van der Waals surface area contributed by atoms with Gasteiger partial charge in [-0.2, -0.15) is 0 Å². The first-order valence-electron chi connectivity index (χ1n) is 7.07. The third-order valence-corrected chi connectivity index (χ3v) is 5.24. The number of fused-ring (bicyclic) bond motifs is 3. The first kappa shape index (κ1) is 13.2. The van der Waals surface area contributed by atoms with Crippen LogP contribution in [0.3, 0.4) is 0 Å². The highest BCUT2D eigenvalue weighted by atomic mass is 35.5.